The summed E-state index contributed by atoms with van der Waals surface area (Å²) in [5, 5.41) is 15.1. The van der Waals surface area contributed by atoms with Gasteiger partial charge in [-0.2, -0.15) is 0 Å². The molecule has 0 aliphatic carbocycles. The van der Waals surface area contributed by atoms with Crippen molar-refractivity contribution in [3.63, 3.8) is 0 Å². The fourth-order valence-electron chi connectivity index (χ4n) is 2.68. The number of anilines is 4. The molecule has 0 aliphatic heterocycles. The number of aryl methyl sites for hydroxylation is 1. The van der Waals surface area contributed by atoms with Crippen LogP contribution in [0.1, 0.15) is 18.2 Å². The quantitative estimate of drug-likeness (QED) is 0.345. The van der Waals surface area contributed by atoms with Crippen LogP contribution in [0.15, 0.2) is 64.3 Å². The van der Waals surface area contributed by atoms with Crippen LogP contribution in [-0.2, 0) is 10.5 Å². The zero-order valence-electron chi connectivity index (χ0n) is 16.4. The largest absolute Gasteiger partial charge is 0.330 e. The van der Waals surface area contributed by atoms with Crippen molar-refractivity contribution in [2.24, 2.45) is 0 Å². The number of aromatic nitrogens is 3. The summed E-state index contributed by atoms with van der Waals surface area (Å²) in [5.41, 5.74) is 3.93. The number of thiazole rings is 1. The summed E-state index contributed by atoms with van der Waals surface area (Å²) in [6.45, 7) is 3.61. The maximum Gasteiger partial charge on any atom is 0.230 e. The molecule has 2 aromatic carbocycles. The van der Waals surface area contributed by atoms with E-state index in [1.54, 1.807) is 23.6 Å². The topological polar surface area (TPSA) is 71.0 Å². The minimum atomic E-state index is -0.0642. The maximum absolute atomic E-state index is 12.2. The average molecular weight is 454 g/mol. The molecule has 2 heterocycles. The lowest BCUT2D eigenvalue weighted by atomic mass is 10.2. The van der Waals surface area contributed by atoms with E-state index < -0.39 is 0 Å². The molecule has 0 radical (unpaired) electrons. The Balaban J connectivity index is 1.39. The lowest BCUT2D eigenvalue weighted by Gasteiger charge is -2.17. The van der Waals surface area contributed by atoms with Gasteiger partial charge >= 0.3 is 0 Å². The molecule has 6 nitrogen and oxygen atoms in total. The van der Waals surface area contributed by atoms with Crippen molar-refractivity contribution >= 4 is 62.0 Å². The molecular weight excluding hydrogens is 434 g/mol. The van der Waals surface area contributed by atoms with Gasteiger partial charge in [-0.1, -0.05) is 59.0 Å². The van der Waals surface area contributed by atoms with E-state index in [4.69, 9.17) is 0 Å². The third kappa shape index (κ3) is 5.05. The Bertz CT molecular complexity index is 1130. The maximum atomic E-state index is 12.2. The Hall–Kier alpha value is -2.75. The van der Waals surface area contributed by atoms with E-state index in [0.29, 0.717) is 10.9 Å². The highest BCUT2D eigenvalue weighted by atomic mass is 32.2. The number of nitrogens with one attached hydrogen (secondary N) is 1. The highest BCUT2D eigenvalue weighted by molar-refractivity contribution is 8.00. The van der Waals surface area contributed by atoms with Gasteiger partial charge < -0.3 is 5.32 Å². The Labute approximate surface area is 187 Å². The fraction of sp³-hybridized carbons (Fsp3) is 0.143. The summed E-state index contributed by atoms with van der Waals surface area (Å²) in [7, 11) is 0. The van der Waals surface area contributed by atoms with Crippen molar-refractivity contribution in [1.29, 1.82) is 0 Å². The second-order valence-corrected chi connectivity index (χ2v) is 9.50. The molecule has 0 aliphatic rings. The predicted molar refractivity (Wildman–Crippen MR) is 125 cm³/mol. The second-order valence-electron chi connectivity index (χ2n) is 6.46. The first-order chi connectivity index (χ1) is 14.6. The minimum absolute atomic E-state index is 0.0642. The first kappa shape index (κ1) is 20.5. The van der Waals surface area contributed by atoms with Gasteiger partial charge in [-0.15, -0.1) is 21.5 Å². The van der Waals surface area contributed by atoms with Crippen LogP contribution >= 0.6 is 34.4 Å². The highest BCUT2D eigenvalue weighted by Gasteiger charge is 2.18. The fourth-order valence-corrected chi connectivity index (χ4v) is 5.34. The van der Waals surface area contributed by atoms with Crippen LogP contribution in [0.2, 0.25) is 0 Å². The first-order valence-electron chi connectivity index (χ1n) is 9.18. The molecule has 0 saturated carbocycles. The smallest absolute Gasteiger partial charge is 0.230 e. The Morgan fingerprint density at radius 3 is 2.60 bits per heavy atom. The average Bonchev–Trinajstić information content (AvgIpc) is 3.38. The summed E-state index contributed by atoms with van der Waals surface area (Å²) in [5.74, 6) is 0.599. The van der Waals surface area contributed by atoms with Gasteiger partial charge in [-0.05, 0) is 31.2 Å². The van der Waals surface area contributed by atoms with Gasteiger partial charge in [-0.25, -0.2) is 4.98 Å². The summed E-state index contributed by atoms with van der Waals surface area (Å²) < 4.78 is 0.866. The standard InChI is InChI=1S/C21H19N5OS3/c1-14-8-10-16(11-9-14)22-19-24-25-21(30-19)29-13-17-12-28-20(23-17)26(15(2)27)18-6-4-3-5-7-18/h3-12H,13H2,1-2H3,(H,22,24). The van der Waals surface area contributed by atoms with Crippen molar-refractivity contribution in [3.8, 4) is 0 Å². The van der Waals surface area contributed by atoms with Gasteiger partial charge in [0.2, 0.25) is 11.0 Å². The van der Waals surface area contributed by atoms with Gasteiger partial charge in [0, 0.05) is 23.7 Å². The number of thioether (sulfide) groups is 1. The van der Waals surface area contributed by atoms with E-state index in [-0.39, 0.29) is 5.91 Å². The Morgan fingerprint density at radius 1 is 1.10 bits per heavy atom. The SMILES string of the molecule is CC(=O)N(c1ccccc1)c1nc(CSc2nnc(Nc3ccc(C)cc3)s2)cs1. The number of amides is 1. The monoisotopic (exact) mass is 453 g/mol. The number of rotatable bonds is 7. The third-order valence-corrected chi connectivity index (χ3v) is 6.99. The van der Waals surface area contributed by atoms with Gasteiger partial charge in [-0.3, -0.25) is 9.69 Å². The molecule has 152 valence electrons. The molecule has 0 fully saturated rings. The third-order valence-electron chi connectivity index (χ3n) is 4.11. The number of hydrogen-bond acceptors (Lipinski definition) is 8. The van der Waals surface area contributed by atoms with Gasteiger partial charge in [0.25, 0.3) is 0 Å². The van der Waals surface area contributed by atoms with Crippen LogP contribution in [0, 0.1) is 6.92 Å². The zero-order valence-corrected chi connectivity index (χ0v) is 18.9. The van der Waals surface area contributed by atoms with Crippen LogP contribution in [0.4, 0.5) is 21.6 Å². The van der Waals surface area contributed by atoms with Crippen LogP contribution in [0.25, 0.3) is 0 Å². The van der Waals surface area contributed by atoms with E-state index in [9.17, 15) is 4.79 Å². The Morgan fingerprint density at radius 2 is 1.87 bits per heavy atom. The summed E-state index contributed by atoms with van der Waals surface area (Å²) >= 11 is 4.55. The molecule has 0 unspecified atom stereocenters. The minimum Gasteiger partial charge on any atom is -0.330 e. The molecule has 0 bridgehead atoms. The van der Waals surface area contributed by atoms with E-state index in [2.05, 4.69) is 39.6 Å². The molecular formula is C21H19N5OS3. The number of nitrogens with zero attached hydrogens (tertiary/aromatic N) is 4. The highest BCUT2D eigenvalue weighted by Crippen LogP contribution is 2.33. The molecule has 9 heteroatoms. The molecule has 30 heavy (non-hydrogen) atoms. The van der Waals surface area contributed by atoms with Crippen molar-refractivity contribution in [1.82, 2.24) is 15.2 Å². The van der Waals surface area contributed by atoms with Crippen molar-refractivity contribution in [2.45, 2.75) is 23.9 Å². The van der Waals surface area contributed by atoms with Gasteiger partial charge in [0.15, 0.2) is 9.47 Å². The van der Waals surface area contributed by atoms with Gasteiger partial charge in [0.05, 0.1) is 11.4 Å². The van der Waals surface area contributed by atoms with Crippen LogP contribution in [0.3, 0.4) is 0 Å². The van der Waals surface area contributed by atoms with Crippen molar-refractivity contribution < 1.29 is 4.79 Å². The first-order valence-corrected chi connectivity index (χ1v) is 11.9. The van der Waals surface area contributed by atoms with Crippen molar-refractivity contribution in [2.75, 3.05) is 10.2 Å². The van der Waals surface area contributed by atoms with Crippen LogP contribution in [0.5, 0.6) is 0 Å². The number of hydrogen-bond donors (Lipinski definition) is 1. The molecule has 1 amide bonds. The van der Waals surface area contributed by atoms with E-state index >= 15 is 0 Å². The number of benzene rings is 2. The van der Waals surface area contributed by atoms with E-state index in [1.807, 2.05) is 47.8 Å². The number of carbonyl (C=O) groups is 1. The van der Waals surface area contributed by atoms with E-state index in [0.717, 1.165) is 26.5 Å². The van der Waals surface area contributed by atoms with Crippen molar-refractivity contribution in [3.05, 3.63) is 71.2 Å². The van der Waals surface area contributed by atoms with E-state index in [1.165, 1.54) is 28.2 Å². The summed E-state index contributed by atoms with van der Waals surface area (Å²) in [6.07, 6.45) is 0. The normalized spacial score (nSPS) is 10.7. The molecule has 0 atom stereocenters. The van der Waals surface area contributed by atoms with Crippen LogP contribution in [-0.4, -0.2) is 21.1 Å². The molecule has 4 aromatic rings. The molecule has 0 spiro atoms. The Kier molecular flexibility index (Phi) is 6.41. The molecule has 0 saturated heterocycles. The predicted octanol–water partition coefficient (Wildman–Crippen LogP) is 6.02. The van der Waals surface area contributed by atoms with Gasteiger partial charge in [0.1, 0.15) is 0 Å². The molecule has 1 N–H and O–H groups in total. The zero-order chi connectivity index (χ0) is 20.9. The number of carbonyl (C=O) groups excluding carboxylic acids is 1. The number of para-hydroxylation sites is 1. The van der Waals surface area contributed by atoms with Crippen LogP contribution < -0.4 is 10.2 Å². The summed E-state index contributed by atoms with van der Waals surface area (Å²) in [4.78, 5) is 18.5. The lowest BCUT2D eigenvalue weighted by molar-refractivity contribution is -0.115. The second kappa shape index (κ2) is 9.38. The summed E-state index contributed by atoms with van der Waals surface area (Å²) in [6, 6.07) is 17.7. The molecule has 4 rings (SSSR count). The molecule has 2 aromatic heterocycles. The lowest BCUT2D eigenvalue weighted by Crippen LogP contribution is -2.22.